The number of benzene rings is 1. The molecule has 0 unspecified atom stereocenters. The van der Waals surface area contributed by atoms with Crippen LogP contribution in [0.25, 0.3) is 5.69 Å². The molecule has 0 spiro atoms. The first-order chi connectivity index (χ1) is 13.7. The van der Waals surface area contributed by atoms with Crippen molar-refractivity contribution < 1.29 is 4.74 Å². The van der Waals surface area contributed by atoms with Gasteiger partial charge in [0.1, 0.15) is 0 Å². The van der Waals surface area contributed by atoms with Crippen LogP contribution in [0.5, 0.6) is 0 Å². The quantitative estimate of drug-likeness (QED) is 0.561. The SMILES string of the molecule is COCCN1C(=S)N[C@H](c2ccccn2)[C@@H]1c1cccn1-c1cccc(Br)c1. The van der Waals surface area contributed by atoms with Gasteiger partial charge in [0.15, 0.2) is 5.11 Å². The smallest absolute Gasteiger partial charge is 0.170 e. The molecule has 1 fully saturated rings. The van der Waals surface area contributed by atoms with E-state index in [2.05, 4.69) is 66.2 Å². The van der Waals surface area contributed by atoms with E-state index in [0.29, 0.717) is 13.2 Å². The minimum Gasteiger partial charge on any atom is -0.383 e. The molecule has 2 atom stereocenters. The van der Waals surface area contributed by atoms with Gasteiger partial charge in [-0.3, -0.25) is 4.98 Å². The van der Waals surface area contributed by atoms with Gasteiger partial charge >= 0.3 is 0 Å². The van der Waals surface area contributed by atoms with Crippen LogP contribution in [0.4, 0.5) is 0 Å². The highest BCUT2D eigenvalue weighted by molar-refractivity contribution is 9.10. The van der Waals surface area contributed by atoms with Gasteiger partial charge in [0.2, 0.25) is 0 Å². The van der Waals surface area contributed by atoms with Crippen molar-refractivity contribution in [2.24, 2.45) is 0 Å². The van der Waals surface area contributed by atoms with Crippen molar-refractivity contribution in [3.63, 3.8) is 0 Å². The van der Waals surface area contributed by atoms with E-state index in [0.717, 1.165) is 26.7 Å². The van der Waals surface area contributed by atoms with Gasteiger partial charge in [-0.2, -0.15) is 0 Å². The number of aromatic nitrogens is 2. The van der Waals surface area contributed by atoms with Crippen LogP contribution in [0, 0.1) is 0 Å². The van der Waals surface area contributed by atoms with Crippen molar-refractivity contribution in [2.75, 3.05) is 20.3 Å². The number of methoxy groups -OCH3 is 1. The van der Waals surface area contributed by atoms with E-state index in [9.17, 15) is 0 Å². The fourth-order valence-corrected chi connectivity index (χ4v) is 4.37. The molecule has 0 aliphatic carbocycles. The highest BCUT2D eigenvalue weighted by atomic mass is 79.9. The second-order valence-corrected chi connectivity index (χ2v) is 7.90. The molecule has 1 aliphatic heterocycles. The predicted molar refractivity (Wildman–Crippen MR) is 118 cm³/mol. The molecule has 0 amide bonds. The third-order valence-corrected chi connectivity index (χ3v) is 5.75. The molecule has 0 bridgehead atoms. The van der Waals surface area contributed by atoms with Crippen molar-refractivity contribution in [1.82, 2.24) is 19.8 Å². The number of halogens is 1. The second-order valence-electron chi connectivity index (χ2n) is 6.60. The lowest BCUT2D eigenvalue weighted by Gasteiger charge is -2.28. The highest BCUT2D eigenvalue weighted by Crippen LogP contribution is 2.39. The van der Waals surface area contributed by atoms with Gasteiger partial charge in [0.05, 0.1) is 24.4 Å². The molecule has 5 nitrogen and oxygen atoms in total. The number of rotatable bonds is 6. The van der Waals surface area contributed by atoms with Crippen LogP contribution in [-0.4, -0.2) is 39.8 Å². The molecule has 3 aromatic rings. The molecule has 1 saturated heterocycles. The summed E-state index contributed by atoms with van der Waals surface area (Å²) in [6.07, 6.45) is 3.91. The van der Waals surface area contributed by atoms with Gasteiger partial charge in [0, 0.05) is 41.9 Å². The fraction of sp³-hybridized carbons (Fsp3) is 0.238. The molecule has 0 saturated carbocycles. The summed E-state index contributed by atoms with van der Waals surface area (Å²) in [5.74, 6) is 0. The van der Waals surface area contributed by atoms with E-state index in [-0.39, 0.29) is 12.1 Å². The van der Waals surface area contributed by atoms with Gasteiger partial charge < -0.3 is 19.5 Å². The molecule has 1 aliphatic rings. The first kappa shape index (κ1) is 19.1. The van der Waals surface area contributed by atoms with Crippen molar-refractivity contribution in [3.8, 4) is 5.69 Å². The Morgan fingerprint density at radius 3 is 2.82 bits per heavy atom. The fourth-order valence-electron chi connectivity index (χ4n) is 3.65. The molecular weight excluding hydrogens is 436 g/mol. The summed E-state index contributed by atoms with van der Waals surface area (Å²) in [7, 11) is 1.71. The van der Waals surface area contributed by atoms with Gasteiger partial charge in [-0.05, 0) is 54.7 Å². The Balaban J connectivity index is 1.79. The molecule has 28 heavy (non-hydrogen) atoms. The summed E-state index contributed by atoms with van der Waals surface area (Å²) >= 11 is 9.25. The minimum atomic E-state index is -0.0358. The maximum absolute atomic E-state index is 5.68. The lowest BCUT2D eigenvalue weighted by molar-refractivity contribution is 0.163. The third-order valence-electron chi connectivity index (χ3n) is 4.90. The average molecular weight is 457 g/mol. The Morgan fingerprint density at radius 1 is 1.18 bits per heavy atom. The van der Waals surface area contributed by atoms with E-state index >= 15 is 0 Å². The molecule has 144 valence electrons. The first-order valence-corrected chi connectivity index (χ1v) is 10.3. The summed E-state index contributed by atoms with van der Waals surface area (Å²) in [4.78, 5) is 6.79. The summed E-state index contributed by atoms with van der Waals surface area (Å²) in [6.45, 7) is 1.31. The summed E-state index contributed by atoms with van der Waals surface area (Å²) < 4.78 is 8.58. The van der Waals surface area contributed by atoms with E-state index in [1.54, 1.807) is 7.11 Å². The van der Waals surface area contributed by atoms with Crippen LogP contribution in [0.3, 0.4) is 0 Å². The maximum atomic E-state index is 5.68. The highest BCUT2D eigenvalue weighted by Gasteiger charge is 2.40. The van der Waals surface area contributed by atoms with E-state index in [1.807, 2.05) is 36.5 Å². The summed E-state index contributed by atoms with van der Waals surface area (Å²) in [5.41, 5.74) is 3.22. The van der Waals surface area contributed by atoms with Gasteiger partial charge in [-0.15, -0.1) is 0 Å². The Bertz CT molecular complexity index is 962. The van der Waals surface area contributed by atoms with Crippen molar-refractivity contribution in [1.29, 1.82) is 0 Å². The van der Waals surface area contributed by atoms with E-state index in [4.69, 9.17) is 17.0 Å². The predicted octanol–water partition coefficient (Wildman–Crippen LogP) is 4.25. The van der Waals surface area contributed by atoms with Gasteiger partial charge in [0.25, 0.3) is 0 Å². The number of nitrogens with zero attached hydrogens (tertiary/aromatic N) is 3. The molecule has 1 N–H and O–H groups in total. The monoisotopic (exact) mass is 456 g/mol. The van der Waals surface area contributed by atoms with Crippen molar-refractivity contribution >= 4 is 33.3 Å². The summed E-state index contributed by atoms with van der Waals surface area (Å²) in [5, 5.41) is 4.20. The topological polar surface area (TPSA) is 42.3 Å². The molecule has 1 aromatic carbocycles. The average Bonchev–Trinajstić information content (AvgIpc) is 3.31. The molecule has 2 aromatic heterocycles. The summed E-state index contributed by atoms with van der Waals surface area (Å²) in [6, 6.07) is 18.5. The van der Waals surface area contributed by atoms with Crippen molar-refractivity contribution in [2.45, 2.75) is 12.1 Å². The number of hydrogen-bond donors (Lipinski definition) is 1. The Hall–Kier alpha value is -2.22. The minimum absolute atomic E-state index is 0.00605. The largest absolute Gasteiger partial charge is 0.383 e. The van der Waals surface area contributed by atoms with Crippen LogP contribution in [0.1, 0.15) is 23.5 Å². The Morgan fingerprint density at radius 2 is 2.07 bits per heavy atom. The van der Waals surface area contributed by atoms with Crippen LogP contribution in [0.15, 0.2) is 71.5 Å². The second kappa shape index (κ2) is 8.43. The number of hydrogen-bond acceptors (Lipinski definition) is 3. The molecule has 4 rings (SSSR count). The Labute approximate surface area is 178 Å². The lowest BCUT2D eigenvalue weighted by Crippen LogP contribution is -2.33. The standard InChI is InChI=1S/C21H21BrN4OS/c1-27-13-12-26-20(19(24-21(26)28)17-8-2-3-10-23-17)18-9-5-11-25(18)16-7-4-6-15(22)14-16/h2-11,14,19-20H,12-13H2,1H3,(H,24,28)/t19-,20+/m1/s1. The zero-order valence-electron chi connectivity index (χ0n) is 15.5. The van der Waals surface area contributed by atoms with Gasteiger partial charge in [-0.25, -0.2) is 0 Å². The maximum Gasteiger partial charge on any atom is 0.170 e. The van der Waals surface area contributed by atoms with Crippen LogP contribution in [0.2, 0.25) is 0 Å². The van der Waals surface area contributed by atoms with E-state index in [1.165, 1.54) is 0 Å². The number of thiocarbonyl (C=S) groups is 1. The molecule has 3 heterocycles. The zero-order chi connectivity index (χ0) is 19.5. The zero-order valence-corrected chi connectivity index (χ0v) is 17.9. The third kappa shape index (κ3) is 3.70. The van der Waals surface area contributed by atoms with Crippen LogP contribution >= 0.6 is 28.1 Å². The molecule has 7 heteroatoms. The Kier molecular flexibility index (Phi) is 5.75. The van der Waals surface area contributed by atoms with E-state index < -0.39 is 0 Å². The number of pyridine rings is 1. The molecular formula is C21H21BrN4OS. The van der Waals surface area contributed by atoms with Gasteiger partial charge in [-0.1, -0.05) is 28.1 Å². The lowest BCUT2D eigenvalue weighted by atomic mass is 10.0. The normalized spacial score (nSPS) is 19.1. The van der Waals surface area contributed by atoms with Crippen LogP contribution < -0.4 is 5.32 Å². The molecule has 0 radical (unpaired) electrons. The van der Waals surface area contributed by atoms with Crippen LogP contribution in [-0.2, 0) is 4.74 Å². The number of nitrogens with one attached hydrogen (secondary N) is 1. The van der Waals surface area contributed by atoms with Crippen molar-refractivity contribution in [3.05, 3.63) is 82.9 Å². The first-order valence-electron chi connectivity index (χ1n) is 9.09. The number of ether oxygens (including phenoxy) is 1.